The van der Waals surface area contributed by atoms with E-state index in [2.05, 4.69) is 0 Å². The number of carbonyl (C=O) groups is 1. The molecule has 2 aliphatic carbocycles. The number of hydrogen-bond acceptors (Lipinski definition) is 4. The average Bonchev–Trinajstić information content (AvgIpc) is 3.03. The summed E-state index contributed by atoms with van der Waals surface area (Å²) < 4.78 is 5.10. The number of halogens is 1. The number of hydrogen-bond donors (Lipinski definition) is 3. The first kappa shape index (κ1) is 23.5. The molecule has 2 fully saturated rings. The first-order valence-corrected chi connectivity index (χ1v) is 11.8. The van der Waals surface area contributed by atoms with Gasteiger partial charge in [-0.2, -0.15) is 0 Å². The summed E-state index contributed by atoms with van der Waals surface area (Å²) in [5, 5.41) is 29.9. The normalized spacial score (nSPS) is 28.5. The van der Waals surface area contributed by atoms with Gasteiger partial charge in [-0.3, -0.25) is 0 Å². The van der Waals surface area contributed by atoms with Crippen molar-refractivity contribution in [2.24, 2.45) is 11.8 Å². The first-order chi connectivity index (χ1) is 14.5. The van der Waals surface area contributed by atoms with Crippen LogP contribution in [0.25, 0.3) is 0 Å². The van der Waals surface area contributed by atoms with Crippen LogP contribution in [0.5, 0.6) is 0 Å². The smallest absolute Gasteiger partial charge is 0.329 e. The summed E-state index contributed by atoms with van der Waals surface area (Å²) >= 11 is 6.57. The van der Waals surface area contributed by atoms with Gasteiger partial charge in [0.15, 0.2) is 0 Å². The van der Waals surface area contributed by atoms with Gasteiger partial charge in [0.2, 0.25) is 0 Å². The van der Waals surface area contributed by atoms with Crippen molar-refractivity contribution in [1.82, 2.24) is 0 Å². The van der Waals surface area contributed by atoms with Crippen molar-refractivity contribution in [3.63, 3.8) is 0 Å². The van der Waals surface area contributed by atoms with Crippen LogP contribution in [-0.4, -0.2) is 46.0 Å². The van der Waals surface area contributed by atoms with E-state index in [1.165, 1.54) is 19.3 Å². The molecule has 0 saturated heterocycles. The van der Waals surface area contributed by atoms with Crippen LogP contribution < -0.4 is 0 Å². The summed E-state index contributed by atoms with van der Waals surface area (Å²) in [5.74, 6) is -0.430. The number of carboxylic acids is 1. The minimum atomic E-state index is -0.952. The van der Waals surface area contributed by atoms with Crippen molar-refractivity contribution >= 4 is 17.6 Å². The zero-order valence-corrected chi connectivity index (χ0v) is 18.3. The molecule has 2 saturated carbocycles. The van der Waals surface area contributed by atoms with Gasteiger partial charge in [-0.15, -0.1) is 11.6 Å². The highest BCUT2D eigenvalue weighted by Crippen LogP contribution is 2.45. The van der Waals surface area contributed by atoms with Gasteiger partial charge in [-0.05, 0) is 55.1 Å². The van der Waals surface area contributed by atoms with Crippen LogP contribution in [0.2, 0.25) is 0 Å². The third-order valence-corrected chi connectivity index (χ3v) is 7.37. The van der Waals surface area contributed by atoms with Crippen molar-refractivity contribution in [3.8, 4) is 0 Å². The van der Waals surface area contributed by atoms with Crippen LogP contribution in [0.3, 0.4) is 0 Å². The van der Waals surface area contributed by atoms with E-state index in [0.717, 1.165) is 43.2 Å². The van der Waals surface area contributed by atoms with Gasteiger partial charge in [0, 0.05) is 17.9 Å². The maximum absolute atomic E-state index is 10.7. The van der Waals surface area contributed by atoms with E-state index in [-0.39, 0.29) is 23.8 Å². The van der Waals surface area contributed by atoms with Crippen molar-refractivity contribution < 1.29 is 24.9 Å². The molecular weight excluding hydrogens is 404 g/mol. The fourth-order valence-corrected chi connectivity index (χ4v) is 5.74. The quantitative estimate of drug-likeness (QED) is 0.366. The van der Waals surface area contributed by atoms with Gasteiger partial charge in [0.25, 0.3) is 0 Å². The molecule has 3 unspecified atom stereocenters. The van der Waals surface area contributed by atoms with Crippen molar-refractivity contribution in [2.45, 2.75) is 81.3 Å². The predicted octanol–water partition coefficient (Wildman–Crippen LogP) is 4.64. The van der Waals surface area contributed by atoms with Crippen molar-refractivity contribution in [1.29, 1.82) is 0 Å². The number of aliphatic carboxylic acids is 1. The SMILES string of the molecule is O=C(O)COCCCC[C@H]1C(Cl)C[C@@H](O)C1c1ccc(C(O)C2CCCCC2)cc1. The van der Waals surface area contributed by atoms with Crippen LogP contribution >= 0.6 is 11.6 Å². The van der Waals surface area contributed by atoms with Gasteiger partial charge in [0.1, 0.15) is 6.61 Å². The molecule has 6 heteroatoms. The maximum atomic E-state index is 10.7. The monoisotopic (exact) mass is 438 g/mol. The Labute approximate surface area is 184 Å². The molecule has 168 valence electrons. The van der Waals surface area contributed by atoms with E-state index >= 15 is 0 Å². The summed E-state index contributed by atoms with van der Waals surface area (Å²) in [7, 11) is 0. The molecule has 5 nitrogen and oxygen atoms in total. The van der Waals surface area contributed by atoms with Crippen LogP contribution in [0, 0.1) is 11.8 Å². The molecule has 1 aromatic carbocycles. The summed E-state index contributed by atoms with van der Waals surface area (Å²) in [6.45, 7) is 0.162. The molecule has 2 aliphatic rings. The number of aliphatic hydroxyl groups is 2. The Hall–Kier alpha value is -1.14. The number of benzene rings is 1. The molecule has 0 radical (unpaired) electrons. The lowest BCUT2D eigenvalue weighted by Gasteiger charge is -2.28. The molecule has 0 aromatic heterocycles. The van der Waals surface area contributed by atoms with Crippen LogP contribution in [-0.2, 0) is 9.53 Å². The van der Waals surface area contributed by atoms with Gasteiger partial charge in [-0.1, -0.05) is 49.9 Å². The third kappa shape index (κ3) is 6.19. The van der Waals surface area contributed by atoms with E-state index in [0.29, 0.717) is 18.9 Å². The van der Waals surface area contributed by atoms with Gasteiger partial charge < -0.3 is 20.1 Å². The average molecular weight is 439 g/mol. The Morgan fingerprint density at radius 3 is 2.50 bits per heavy atom. The fraction of sp³-hybridized carbons (Fsp3) is 0.708. The second kappa shape index (κ2) is 11.5. The molecule has 1 aromatic rings. The first-order valence-electron chi connectivity index (χ1n) is 11.4. The van der Waals surface area contributed by atoms with Gasteiger partial charge >= 0.3 is 5.97 Å². The molecular formula is C24H35ClO5. The molecule has 0 heterocycles. The number of alkyl halides is 1. The van der Waals surface area contributed by atoms with Crippen molar-refractivity contribution in [2.75, 3.05) is 13.2 Å². The highest BCUT2D eigenvalue weighted by atomic mass is 35.5. The molecule has 0 bridgehead atoms. The van der Waals surface area contributed by atoms with Gasteiger partial charge in [-0.25, -0.2) is 4.79 Å². The topological polar surface area (TPSA) is 87.0 Å². The zero-order chi connectivity index (χ0) is 21.5. The molecule has 0 spiro atoms. The fourth-order valence-electron chi connectivity index (χ4n) is 5.27. The maximum Gasteiger partial charge on any atom is 0.329 e. The Balaban J connectivity index is 1.57. The summed E-state index contributed by atoms with van der Waals surface area (Å²) in [4.78, 5) is 10.5. The number of unbranched alkanes of at least 4 members (excludes halogenated alkanes) is 1. The van der Waals surface area contributed by atoms with Gasteiger partial charge in [0.05, 0.1) is 12.2 Å². The molecule has 3 N–H and O–H groups in total. The standard InChI is InChI=1S/C24H35ClO5/c25-20-14-21(26)23(19(20)8-4-5-13-30-15-22(27)28)16-9-11-18(12-10-16)24(29)17-6-2-1-3-7-17/h9-12,17,19-21,23-24,26,29H,1-8,13-15H2,(H,27,28)/t19-,20?,21+,23?,24?/m0/s1. The summed E-state index contributed by atoms with van der Waals surface area (Å²) in [6, 6.07) is 8.12. The summed E-state index contributed by atoms with van der Waals surface area (Å²) in [5.41, 5.74) is 2.05. The predicted molar refractivity (Wildman–Crippen MR) is 117 cm³/mol. The Bertz CT molecular complexity index is 658. The highest BCUT2D eigenvalue weighted by molar-refractivity contribution is 6.21. The molecule has 0 aliphatic heterocycles. The summed E-state index contributed by atoms with van der Waals surface area (Å²) in [6.07, 6.45) is 8.12. The molecule has 3 rings (SSSR count). The number of ether oxygens (including phenoxy) is 1. The zero-order valence-electron chi connectivity index (χ0n) is 17.6. The number of rotatable bonds is 10. The second-order valence-corrected chi connectivity index (χ2v) is 9.52. The highest BCUT2D eigenvalue weighted by Gasteiger charge is 2.42. The minimum absolute atomic E-state index is 0.00619. The third-order valence-electron chi connectivity index (χ3n) is 6.87. The lowest BCUT2D eigenvalue weighted by Crippen LogP contribution is -2.19. The van der Waals surface area contributed by atoms with Crippen LogP contribution in [0.4, 0.5) is 0 Å². The number of carboxylic acid groups (broad SMARTS) is 1. The largest absolute Gasteiger partial charge is 0.480 e. The van der Waals surface area contributed by atoms with Crippen molar-refractivity contribution in [3.05, 3.63) is 35.4 Å². The number of aliphatic hydroxyl groups excluding tert-OH is 2. The van der Waals surface area contributed by atoms with E-state index in [9.17, 15) is 15.0 Å². The Kier molecular flexibility index (Phi) is 8.99. The lowest BCUT2D eigenvalue weighted by atomic mass is 9.81. The molecule has 0 amide bonds. The van der Waals surface area contributed by atoms with E-state index < -0.39 is 18.2 Å². The van der Waals surface area contributed by atoms with E-state index in [1.54, 1.807) is 0 Å². The van der Waals surface area contributed by atoms with E-state index in [1.807, 2.05) is 24.3 Å². The minimum Gasteiger partial charge on any atom is -0.480 e. The molecule has 5 atom stereocenters. The van der Waals surface area contributed by atoms with E-state index in [4.69, 9.17) is 21.4 Å². The second-order valence-electron chi connectivity index (χ2n) is 8.96. The Morgan fingerprint density at radius 2 is 1.83 bits per heavy atom. The van der Waals surface area contributed by atoms with Crippen LogP contribution in [0.1, 0.15) is 80.9 Å². The lowest BCUT2D eigenvalue weighted by molar-refractivity contribution is -0.142. The Morgan fingerprint density at radius 1 is 1.13 bits per heavy atom. The van der Waals surface area contributed by atoms with Crippen LogP contribution in [0.15, 0.2) is 24.3 Å². The molecule has 30 heavy (non-hydrogen) atoms.